The Hall–Kier alpha value is -1.49. The lowest BCUT2D eigenvalue weighted by molar-refractivity contribution is -0.138. The number of imide groups is 1. The van der Waals surface area contributed by atoms with E-state index in [-0.39, 0.29) is 23.5 Å². The summed E-state index contributed by atoms with van der Waals surface area (Å²) in [6, 6.07) is 5.73. The number of carbonyl (C=O) groups excluding carboxylic acids is 2. The van der Waals surface area contributed by atoms with Gasteiger partial charge in [-0.2, -0.15) is 0 Å². The predicted octanol–water partition coefficient (Wildman–Crippen LogP) is 2.21. The molecule has 2 amide bonds. The van der Waals surface area contributed by atoms with Gasteiger partial charge in [-0.25, -0.2) is 0 Å². The average molecular weight is 278 g/mol. The molecule has 0 bridgehead atoms. The monoisotopic (exact) mass is 278 g/mol. The van der Waals surface area contributed by atoms with Crippen LogP contribution in [-0.4, -0.2) is 28.5 Å². The van der Waals surface area contributed by atoms with Crippen molar-refractivity contribution in [1.82, 2.24) is 4.90 Å². The molecule has 1 aliphatic rings. The Morgan fingerprint density at radius 2 is 2.16 bits per heavy atom. The normalized spacial score (nSPS) is 19.3. The molecule has 1 heterocycles. The van der Waals surface area contributed by atoms with Crippen molar-refractivity contribution in [3.63, 3.8) is 0 Å². The Balaban J connectivity index is 2.14. The van der Waals surface area contributed by atoms with E-state index in [0.717, 1.165) is 16.9 Å². The molecule has 2 N–H and O–H groups in total. The topological polar surface area (TPSA) is 63.4 Å². The minimum absolute atomic E-state index is 0.0735. The molecule has 1 aromatic carbocycles. The standard InChI is InChI=1S/C14H18N2O2S/c1-3-6-16-13(17)8-12(14(16)18)19-11-7-9(2)4-5-10(11)15/h4-5,7,12H,3,6,8,15H2,1-2H3. The molecule has 0 saturated carbocycles. The maximum absolute atomic E-state index is 12.1. The number of nitrogens with zero attached hydrogens (tertiary/aromatic N) is 1. The highest BCUT2D eigenvalue weighted by molar-refractivity contribution is 8.00. The lowest BCUT2D eigenvalue weighted by Gasteiger charge is -2.14. The summed E-state index contributed by atoms with van der Waals surface area (Å²) in [5.74, 6) is -0.159. The van der Waals surface area contributed by atoms with E-state index in [1.807, 2.05) is 32.0 Å². The Morgan fingerprint density at radius 1 is 1.42 bits per heavy atom. The summed E-state index contributed by atoms with van der Waals surface area (Å²) in [4.78, 5) is 26.2. The van der Waals surface area contributed by atoms with Gasteiger partial charge in [-0.3, -0.25) is 14.5 Å². The van der Waals surface area contributed by atoms with Crippen LogP contribution in [0.3, 0.4) is 0 Å². The van der Waals surface area contributed by atoms with Crippen molar-refractivity contribution in [2.24, 2.45) is 0 Å². The average Bonchev–Trinajstić information content (AvgIpc) is 2.62. The number of anilines is 1. The highest BCUT2D eigenvalue weighted by atomic mass is 32.2. The van der Waals surface area contributed by atoms with Crippen molar-refractivity contribution in [2.45, 2.75) is 36.8 Å². The highest BCUT2D eigenvalue weighted by Gasteiger charge is 2.38. The second-order valence-electron chi connectivity index (χ2n) is 4.74. The van der Waals surface area contributed by atoms with Gasteiger partial charge in [0.15, 0.2) is 0 Å². The van der Waals surface area contributed by atoms with Crippen LogP contribution in [0.25, 0.3) is 0 Å². The van der Waals surface area contributed by atoms with Gasteiger partial charge in [-0.15, -0.1) is 11.8 Å². The van der Waals surface area contributed by atoms with E-state index in [1.54, 1.807) is 0 Å². The van der Waals surface area contributed by atoms with Gasteiger partial charge in [0.25, 0.3) is 0 Å². The molecule has 19 heavy (non-hydrogen) atoms. The number of carbonyl (C=O) groups is 2. The summed E-state index contributed by atoms with van der Waals surface area (Å²) in [6.07, 6.45) is 1.07. The minimum Gasteiger partial charge on any atom is -0.398 e. The number of likely N-dealkylation sites (tertiary alicyclic amines) is 1. The first kappa shape index (κ1) is 13.9. The lowest BCUT2D eigenvalue weighted by Crippen LogP contribution is -2.31. The molecule has 1 fully saturated rings. The van der Waals surface area contributed by atoms with Crippen LogP contribution < -0.4 is 5.73 Å². The van der Waals surface area contributed by atoms with Crippen LogP contribution in [0.1, 0.15) is 25.3 Å². The Morgan fingerprint density at radius 3 is 2.84 bits per heavy atom. The number of hydrogen-bond acceptors (Lipinski definition) is 4. The van der Waals surface area contributed by atoms with Crippen molar-refractivity contribution in [1.29, 1.82) is 0 Å². The molecule has 1 unspecified atom stereocenters. The number of nitrogen functional groups attached to an aromatic ring is 1. The van der Waals surface area contributed by atoms with E-state index >= 15 is 0 Å². The van der Waals surface area contributed by atoms with Crippen LogP contribution in [0.2, 0.25) is 0 Å². The summed E-state index contributed by atoms with van der Waals surface area (Å²) < 4.78 is 0. The predicted molar refractivity (Wildman–Crippen MR) is 76.9 cm³/mol. The quantitative estimate of drug-likeness (QED) is 0.677. The molecule has 0 aliphatic carbocycles. The van der Waals surface area contributed by atoms with Crippen molar-refractivity contribution < 1.29 is 9.59 Å². The van der Waals surface area contributed by atoms with E-state index in [9.17, 15) is 9.59 Å². The number of hydrogen-bond donors (Lipinski definition) is 1. The van der Waals surface area contributed by atoms with Crippen LogP contribution >= 0.6 is 11.8 Å². The summed E-state index contributed by atoms with van der Waals surface area (Å²) in [7, 11) is 0. The molecule has 1 saturated heterocycles. The van der Waals surface area contributed by atoms with Gasteiger partial charge in [-0.05, 0) is 31.0 Å². The van der Waals surface area contributed by atoms with Crippen molar-refractivity contribution in [2.75, 3.05) is 12.3 Å². The highest BCUT2D eigenvalue weighted by Crippen LogP contribution is 2.35. The minimum atomic E-state index is -0.330. The van der Waals surface area contributed by atoms with E-state index < -0.39 is 0 Å². The summed E-state index contributed by atoms with van der Waals surface area (Å²) in [5.41, 5.74) is 7.66. The zero-order chi connectivity index (χ0) is 14.0. The Labute approximate surface area is 117 Å². The zero-order valence-electron chi connectivity index (χ0n) is 11.2. The van der Waals surface area contributed by atoms with Crippen molar-refractivity contribution >= 4 is 29.3 Å². The van der Waals surface area contributed by atoms with Crippen LogP contribution in [-0.2, 0) is 9.59 Å². The van der Waals surface area contributed by atoms with Crippen LogP contribution in [0.4, 0.5) is 5.69 Å². The molecule has 1 atom stereocenters. The first-order valence-electron chi connectivity index (χ1n) is 6.40. The van der Waals surface area contributed by atoms with Crippen molar-refractivity contribution in [3.8, 4) is 0 Å². The number of thioether (sulfide) groups is 1. The Kier molecular flexibility index (Phi) is 4.14. The number of aryl methyl sites for hydroxylation is 1. The zero-order valence-corrected chi connectivity index (χ0v) is 12.0. The van der Waals surface area contributed by atoms with Crippen molar-refractivity contribution in [3.05, 3.63) is 23.8 Å². The van der Waals surface area contributed by atoms with Gasteiger partial charge >= 0.3 is 0 Å². The first-order chi connectivity index (χ1) is 9.02. The van der Waals surface area contributed by atoms with Gasteiger partial charge in [0.1, 0.15) is 0 Å². The number of benzene rings is 1. The molecule has 102 valence electrons. The molecule has 1 aliphatic heterocycles. The van der Waals surface area contributed by atoms with Gasteiger partial charge < -0.3 is 5.73 Å². The van der Waals surface area contributed by atoms with Gasteiger partial charge in [0, 0.05) is 23.5 Å². The third-order valence-corrected chi connectivity index (χ3v) is 4.35. The molecule has 1 aromatic rings. The summed E-state index contributed by atoms with van der Waals surface area (Å²) >= 11 is 1.40. The fourth-order valence-electron chi connectivity index (χ4n) is 2.10. The second-order valence-corrected chi connectivity index (χ2v) is 5.98. The summed E-state index contributed by atoms with van der Waals surface area (Å²) in [5, 5.41) is -0.330. The molecular weight excluding hydrogens is 260 g/mol. The molecule has 4 nitrogen and oxygen atoms in total. The van der Waals surface area contributed by atoms with E-state index in [2.05, 4.69) is 0 Å². The third kappa shape index (κ3) is 2.92. The molecule has 5 heteroatoms. The SMILES string of the molecule is CCCN1C(=O)CC(Sc2cc(C)ccc2N)C1=O. The first-order valence-corrected chi connectivity index (χ1v) is 7.28. The largest absolute Gasteiger partial charge is 0.398 e. The van der Waals surface area contributed by atoms with E-state index in [4.69, 9.17) is 5.73 Å². The van der Waals surface area contributed by atoms with Gasteiger partial charge in [-0.1, -0.05) is 13.0 Å². The van der Waals surface area contributed by atoms with Gasteiger partial charge in [0.2, 0.25) is 11.8 Å². The molecule has 0 radical (unpaired) electrons. The Bertz CT molecular complexity index is 516. The van der Waals surface area contributed by atoms with E-state index in [0.29, 0.717) is 12.2 Å². The second kappa shape index (κ2) is 5.65. The molecule has 2 rings (SSSR count). The lowest BCUT2D eigenvalue weighted by atomic mass is 10.2. The maximum Gasteiger partial charge on any atom is 0.243 e. The summed E-state index contributed by atoms with van der Waals surface area (Å²) in [6.45, 7) is 4.45. The molecule has 0 spiro atoms. The van der Waals surface area contributed by atoms with E-state index in [1.165, 1.54) is 16.7 Å². The number of rotatable bonds is 4. The number of nitrogens with two attached hydrogens (primary N) is 1. The fourth-order valence-corrected chi connectivity index (χ4v) is 3.32. The molecule has 0 aromatic heterocycles. The van der Waals surface area contributed by atoms with Crippen LogP contribution in [0.5, 0.6) is 0 Å². The van der Waals surface area contributed by atoms with Gasteiger partial charge in [0.05, 0.1) is 5.25 Å². The maximum atomic E-state index is 12.1. The van der Waals surface area contributed by atoms with Crippen LogP contribution in [0, 0.1) is 6.92 Å². The number of amides is 2. The smallest absolute Gasteiger partial charge is 0.243 e. The fraction of sp³-hybridized carbons (Fsp3) is 0.429. The third-order valence-electron chi connectivity index (χ3n) is 3.09. The molecular formula is C14H18N2O2S. The van der Waals surface area contributed by atoms with Crippen LogP contribution in [0.15, 0.2) is 23.1 Å².